The van der Waals surface area contributed by atoms with E-state index in [4.69, 9.17) is 28.4 Å². The Morgan fingerprint density at radius 3 is 2.50 bits per heavy atom. The van der Waals surface area contributed by atoms with Crippen molar-refractivity contribution in [1.29, 1.82) is 0 Å². The fourth-order valence-corrected chi connectivity index (χ4v) is 2.69. The van der Waals surface area contributed by atoms with E-state index in [1.54, 1.807) is 0 Å². The van der Waals surface area contributed by atoms with E-state index >= 15 is 0 Å². The normalized spacial score (nSPS) is 28.8. The van der Waals surface area contributed by atoms with Crippen LogP contribution >= 0.6 is 23.2 Å². The Kier molecular flexibility index (Phi) is 2.71. The fraction of sp³-hybridized carbons (Fsp3) is 0.400. The van der Waals surface area contributed by atoms with Crippen LogP contribution in [-0.2, 0) is 0 Å². The van der Waals surface area contributed by atoms with Gasteiger partial charge in [-0.2, -0.15) is 0 Å². The van der Waals surface area contributed by atoms with Crippen molar-refractivity contribution < 1.29 is 5.21 Å². The SMILES string of the molecule is ONC[C@H]1[C@H](c2ccccc2)C1(Cl)Cl. The molecule has 0 bridgehead atoms. The monoisotopic (exact) mass is 231 g/mol. The summed E-state index contributed by atoms with van der Waals surface area (Å²) in [6.07, 6.45) is 0. The minimum atomic E-state index is -0.739. The molecule has 2 rings (SSSR count). The maximum atomic E-state index is 8.61. The summed E-state index contributed by atoms with van der Waals surface area (Å²) < 4.78 is -0.739. The van der Waals surface area contributed by atoms with Crippen molar-refractivity contribution in [3.63, 3.8) is 0 Å². The number of rotatable bonds is 3. The molecule has 0 unspecified atom stereocenters. The molecule has 0 radical (unpaired) electrons. The van der Waals surface area contributed by atoms with Gasteiger partial charge in [-0.25, -0.2) is 5.48 Å². The third-order valence-corrected chi connectivity index (χ3v) is 3.70. The summed E-state index contributed by atoms with van der Waals surface area (Å²) in [5.74, 6) is 0.199. The van der Waals surface area contributed by atoms with Crippen LogP contribution in [0.25, 0.3) is 0 Å². The zero-order chi connectivity index (χ0) is 10.2. The molecule has 0 spiro atoms. The molecule has 1 aliphatic rings. The number of benzene rings is 1. The smallest absolute Gasteiger partial charge is 0.130 e. The topological polar surface area (TPSA) is 32.3 Å². The summed E-state index contributed by atoms with van der Waals surface area (Å²) >= 11 is 12.2. The summed E-state index contributed by atoms with van der Waals surface area (Å²) in [6.45, 7) is 0.423. The molecule has 76 valence electrons. The Morgan fingerprint density at radius 2 is 1.93 bits per heavy atom. The third-order valence-electron chi connectivity index (χ3n) is 2.67. The summed E-state index contributed by atoms with van der Waals surface area (Å²) in [5, 5.41) is 8.61. The predicted octanol–water partition coefficient (Wildman–Crippen LogP) is 2.55. The third kappa shape index (κ3) is 1.63. The van der Waals surface area contributed by atoms with Crippen LogP contribution in [0.4, 0.5) is 0 Å². The molecular weight excluding hydrogens is 221 g/mol. The average Bonchev–Trinajstić information content (AvgIpc) is 2.71. The molecule has 0 aromatic heterocycles. The summed E-state index contributed by atoms with van der Waals surface area (Å²) in [5.41, 5.74) is 3.24. The maximum absolute atomic E-state index is 8.61. The zero-order valence-corrected chi connectivity index (χ0v) is 8.96. The quantitative estimate of drug-likeness (QED) is 0.620. The Bertz CT molecular complexity index is 315. The lowest BCUT2D eigenvalue weighted by molar-refractivity contribution is 0.161. The minimum Gasteiger partial charge on any atom is -0.317 e. The molecule has 4 heteroatoms. The number of nitrogens with one attached hydrogen (secondary N) is 1. The highest BCUT2D eigenvalue weighted by molar-refractivity contribution is 6.52. The van der Waals surface area contributed by atoms with Crippen molar-refractivity contribution in [2.45, 2.75) is 10.3 Å². The molecule has 2 atom stereocenters. The first-order valence-corrected chi connectivity index (χ1v) is 5.23. The van der Waals surface area contributed by atoms with Crippen LogP contribution in [0.1, 0.15) is 11.5 Å². The number of hydrogen-bond acceptors (Lipinski definition) is 2. The van der Waals surface area contributed by atoms with Gasteiger partial charge in [0, 0.05) is 18.4 Å². The van der Waals surface area contributed by atoms with Crippen LogP contribution in [-0.4, -0.2) is 16.1 Å². The molecule has 0 aliphatic heterocycles. The highest BCUT2D eigenvalue weighted by atomic mass is 35.5. The number of hydroxylamine groups is 1. The van der Waals surface area contributed by atoms with Gasteiger partial charge >= 0.3 is 0 Å². The first kappa shape index (κ1) is 10.2. The summed E-state index contributed by atoms with van der Waals surface area (Å²) in [4.78, 5) is 0. The molecule has 1 fully saturated rings. The lowest BCUT2D eigenvalue weighted by atomic mass is 10.1. The highest BCUT2D eigenvalue weighted by Crippen LogP contribution is 2.64. The van der Waals surface area contributed by atoms with Gasteiger partial charge in [-0.05, 0) is 5.56 Å². The van der Waals surface area contributed by atoms with Crippen LogP contribution in [0.15, 0.2) is 30.3 Å². The Hall–Kier alpha value is -0.280. The van der Waals surface area contributed by atoms with E-state index in [-0.39, 0.29) is 11.8 Å². The molecule has 2 nitrogen and oxygen atoms in total. The molecule has 0 heterocycles. The zero-order valence-electron chi connectivity index (χ0n) is 7.45. The van der Waals surface area contributed by atoms with Gasteiger partial charge in [0.25, 0.3) is 0 Å². The molecule has 1 saturated carbocycles. The minimum absolute atomic E-state index is 0.0817. The maximum Gasteiger partial charge on any atom is 0.130 e. The molecular formula is C10H11Cl2NO. The molecule has 14 heavy (non-hydrogen) atoms. The fourth-order valence-electron chi connectivity index (χ4n) is 1.86. The van der Waals surface area contributed by atoms with Crippen LogP contribution in [0, 0.1) is 5.92 Å². The summed E-state index contributed by atoms with van der Waals surface area (Å²) in [6, 6.07) is 9.88. The van der Waals surface area contributed by atoms with Crippen molar-refractivity contribution in [2.24, 2.45) is 5.92 Å². The van der Waals surface area contributed by atoms with Gasteiger partial charge in [0.15, 0.2) is 0 Å². The second kappa shape index (κ2) is 3.70. The largest absolute Gasteiger partial charge is 0.317 e. The van der Waals surface area contributed by atoms with Crippen LogP contribution in [0.2, 0.25) is 0 Å². The van der Waals surface area contributed by atoms with Crippen molar-refractivity contribution in [3.05, 3.63) is 35.9 Å². The van der Waals surface area contributed by atoms with Gasteiger partial charge in [-0.1, -0.05) is 30.3 Å². The number of alkyl halides is 2. The Labute approximate surface area is 92.8 Å². The van der Waals surface area contributed by atoms with Crippen LogP contribution in [0.5, 0.6) is 0 Å². The van der Waals surface area contributed by atoms with Crippen molar-refractivity contribution in [2.75, 3.05) is 6.54 Å². The molecule has 2 N–H and O–H groups in total. The van der Waals surface area contributed by atoms with E-state index in [0.717, 1.165) is 5.56 Å². The van der Waals surface area contributed by atoms with E-state index in [0.29, 0.717) is 6.54 Å². The van der Waals surface area contributed by atoms with E-state index in [2.05, 4.69) is 5.48 Å². The molecule has 1 aromatic rings. The Morgan fingerprint density at radius 1 is 1.29 bits per heavy atom. The van der Waals surface area contributed by atoms with Gasteiger partial charge in [-0.3, -0.25) is 0 Å². The van der Waals surface area contributed by atoms with Crippen molar-refractivity contribution in [1.82, 2.24) is 5.48 Å². The van der Waals surface area contributed by atoms with E-state index in [1.165, 1.54) is 0 Å². The highest BCUT2D eigenvalue weighted by Gasteiger charge is 2.63. The number of halogens is 2. The lowest BCUT2D eigenvalue weighted by Crippen LogP contribution is -2.13. The molecule has 0 amide bonds. The van der Waals surface area contributed by atoms with E-state index in [9.17, 15) is 0 Å². The van der Waals surface area contributed by atoms with Gasteiger partial charge in [0.2, 0.25) is 0 Å². The van der Waals surface area contributed by atoms with Crippen LogP contribution in [0.3, 0.4) is 0 Å². The van der Waals surface area contributed by atoms with Crippen molar-refractivity contribution in [3.8, 4) is 0 Å². The summed E-state index contributed by atoms with van der Waals surface area (Å²) in [7, 11) is 0. The van der Waals surface area contributed by atoms with Gasteiger partial charge in [0.1, 0.15) is 4.33 Å². The van der Waals surface area contributed by atoms with E-state index in [1.807, 2.05) is 30.3 Å². The first-order valence-electron chi connectivity index (χ1n) is 4.47. The van der Waals surface area contributed by atoms with Gasteiger partial charge in [-0.15, -0.1) is 23.2 Å². The lowest BCUT2D eigenvalue weighted by Gasteiger charge is -1.98. The van der Waals surface area contributed by atoms with Gasteiger partial charge < -0.3 is 5.21 Å². The van der Waals surface area contributed by atoms with Crippen LogP contribution < -0.4 is 5.48 Å². The first-order chi connectivity index (χ1) is 6.68. The Balaban J connectivity index is 2.15. The second-order valence-corrected chi connectivity index (χ2v) is 4.98. The second-order valence-electron chi connectivity index (χ2n) is 3.53. The van der Waals surface area contributed by atoms with E-state index < -0.39 is 4.33 Å². The van der Waals surface area contributed by atoms with Crippen molar-refractivity contribution >= 4 is 23.2 Å². The number of hydrogen-bond donors (Lipinski definition) is 2. The molecule has 1 aromatic carbocycles. The predicted molar refractivity (Wildman–Crippen MR) is 56.9 cm³/mol. The molecule has 0 saturated heterocycles. The molecule has 1 aliphatic carbocycles. The average molecular weight is 232 g/mol. The standard InChI is InChI=1S/C10H11Cl2NO/c11-10(12)8(6-13-14)9(10)7-4-2-1-3-5-7/h1-5,8-9,13-14H,6H2/t8-,9-/m0/s1. The van der Waals surface area contributed by atoms with Gasteiger partial charge in [0.05, 0.1) is 0 Å².